The van der Waals surface area contributed by atoms with Gasteiger partial charge in [-0.15, -0.1) is 0 Å². The van der Waals surface area contributed by atoms with Crippen molar-refractivity contribution in [3.63, 3.8) is 0 Å². The van der Waals surface area contributed by atoms with Crippen molar-refractivity contribution in [3.05, 3.63) is 54.1 Å². The summed E-state index contributed by atoms with van der Waals surface area (Å²) in [4.78, 5) is 43.6. The zero-order valence-electron chi connectivity index (χ0n) is 18.3. The average Bonchev–Trinajstić information content (AvgIpc) is 3.24. The Labute approximate surface area is 187 Å². The first-order valence-electron chi connectivity index (χ1n) is 10.7. The van der Waals surface area contributed by atoms with E-state index in [1.165, 1.54) is 7.11 Å². The summed E-state index contributed by atoms with van der Waals surface area (Å²) in [6.07, 6.45) is 0.164. The lowest BCUT2D eigenvalue weighted by molar-refractivity contribution is -0.137. The maximum Gasteiger partial charge on any atom is 0.253 e. The number of anilines is 1. The Morgan fingerprint density at radius 3 is 2.25 bits per heavy atom. The van der Waals surface area contributed by atoms with E-state index in [-0.39, 0.29) is 24.1 Å². The number of hydrogen-bond acceptors (Lipinski definition) is 5. The van der Waals surface area contributed by atoms with Crippen molar-refractivity contribution in [1.82, 2.24) is 9.80 Å². The molecule has 2 heterocycles. The normalized spacial score (nSPS) is 18.6. The number of carbonyl (C=O) groups excluding carboxylic acids is 3. The van der Waals surface area contributed by atoms with Crippen LogP contribution < -0.4 is 14.4 Å². The third kappa shape index (κ3) is 4.26. The molecule has 8 nitrogen and oxygen atoms in total. The third-order valence-electron chi connectivity index (χ3n) is 6.05. The maximum absolute atomic E-state index is 13.1. The first-order chi connectivity index (χ1) is 15.5. The van der Waals surface area contributed by atoms with E-state index >= 15 is 0 Å². The molecular formula is C24H27N3O5. The molecule has 2 saturated heterocycles. The van der Waals surface area contributed by atoms with Gasteiger partial charge in [0, 0.05) is 50.8 Å². The van der Waals surface area contributed by atoms with Crippen molar-refractivity contribution in [1.29, 1.82) is 0 Å². The smallest absolute Gasteiger partial charge is 0.253 e. The van der Waals surface area contributed by atoms with Gasteiger partial charge in [-0.05, 0) is 24.3 Å². The summed E-state index contributed by atoms with van der Waals surface area (Å²) in [6, 6.07) is 14.4. The van der Waals surface area contributed by atoms with Crippen LogP contribution in [-0.2, 0) is 9.59 Å². The minimum absolute atomic E-state index is 0.0217. The molecule has 168 valence electrons. The van der Waals surface area contributed by atoms with Crippen LogP contribution in [0.2, 0.25) is 0 Å². The number of nitrogens with zero attached hydrogens (tertiary/aromatic N) is 3. The highest BCUT2D eigenvalue weighted by molar-refractivity contribution is 6.01. The van der Waals surface area contributed by atoms with Crippen LogP contribution in [0.4, 0.5) is 5.69 Å². The molecule has 3 amide bonds. The van der Waals surface area contributed by atoms with Gasteiger partial charge in [0.2, 0.25) is 11.8 Å². The second kappa shape index (κ2) is 9.30. The first kappa shape index (κ1) is 21.7. The lowest BCUT2D eigenvalue weighted by Gasteiger charge is -2.36. The summed E-state index contributed by atoms with van der Waals surface area (Å²) < 4.78 is 10.6. The largest absolute Gasteiger partial charge is 0.497 e. The van der Waals surface area contributed by atoms with Gasteiger partial charge in [-0.1, -0.05) is 18.2 Å². The van der Waals surface area contributed by atoms with Crippen molar-refractivity contribution in [2.24, 2.45) is 5.92 Å². The molecule has 2 aromatic rings. The summed E-state index contributed by atoms with van der Waals surface area (Å²) in [6.45, 7) is 2.21. The van der Waals surface area contributed by atoms with Crippen molar-refractivity contribution < 1.29 is 23.9 Å². The van der Waals surface area contributed by atoms with Crippen LogP contribution in [0.3, 0.4) is 0 Å². The Balaban J connectivity index is 1.38. The van der Waals surface area contributed by atoms with Crippen molar-refractivity contribution in [3.8, 4) is 11.5 Å². The summed E-state index contributed by atoms with van der Waals surface area (Å²) in [5.74, 6) is 0.577. The van der Waals surface area contributed by atoms with Gasteiger partial charge < -0.3 is 24.2 Å². The lowest BCUT2D eigenvalue weighted by atomic mass is 10.1. The molecule has 0 aliphatic carbocycles. The Morgan fingerprint density at radius 2 is 1.59 bits per heavy atom. The number of piperazine rings is 1. The molecule has 0 radical (unpaired) electrons. The molecule has 2 fully saturated rings. The standard InChI is InChI=1S/C24H27N3O5/c1-31-19-8-9-20(21(15-19)32-2)27-16-18(14-22(27)28)24(30)26-12-10-25(11-13-26)23(29)17-6-4-3-5-7-17/h3-9,15,18H,10-14,16H2,1-2H3/t18-/m1/s1. The summed E-state index contributed by atoms with van der Waals surface area (Å²) >= 11 is 0. The molecule has 2 aromatic carbocycles. The van der Waals surface area contributed by atoms with E-state index in [0.717, 1.165) is 0 Å². The molecule has 2 aliphatic heterocycles. The quantitative estimate of drug-likeness (QED) is 0.715. The van der Waals surface area contributed by atoms with Crippen LogP contribution in [0.15, 0.2) is 48.5 Å². The average molecular weight is 437 g/mol. The van der Waals surface area contributed by atoms with Crippen molar-refractivity contribution >= 4 is 23.4 Å². The van der Waals surface area contributed by atoms with E-state index in [1.807, 2.05) is 18.2 Å². The zero-order chi connectivity index (χ0) is 22.7. The molecule has 8 heteroatoms. The fraction of sp³-hybridized carbons (Fsp3) is 0.375. The van der Waals surface area contributed by atoms with Crippen LogP contribution in [0.5, 0.6) is 11.5 Å². The van der Waals surface area contributed by atoms with E-state index in [0.29, 0.717) is 55.5 Å². The van der Waals surface area contributed by atoms with Crippen LogP contribution >= 0.6 is 0 Å². The highest BCUT2D eigenvalue weighted by Gasteiger charge is 2.39. The Morgan fingerprint density at radius 1 is 0.906 bits per heavy atom. The van der Waals surface area contributed by atoms with Gasteiger partial charge in [-0.3, -0.25) is 14.4 Å². The number of benzene rings is 2. The Kier molecular flexibility index (Phi) is 6.30. The number of hydrogen-bond donors (Lipinski definition) is 0. The summed E-state index contributed by atoms with van der Waals surface area (Å²) in [5, 5.41) is 0. The summed E-state index contributed by atoms with van der Waals surface area (Å²) in [7, 11) is 3.11. The highest BCUT2D eigenvalue weighted by atomic mass is 16.5. The second-order valence-corrected chi connectivity index (χ2v) is 7.93. The Hall–Kier alpha value is -3.55. The monoisotopic (exact) mass is 437 g/mol. The highest BCUT2D eigenvalue weighted by Crippen LogP contribution is 2.36. The van der Waals surface area contributed by atoms with Crippen molar-refractivity contribution in [2.45, 2.75) is 6.42 Å². The van der Waals surface area contributed by atoms with Gasteiger partial charge >= 0.3 is 0 Å². The third-order valence-corrected chi connectivity index (χ3v) is 6.05. The topological polar surface area (TPSA) is 79.4 Å². The van der Waals surface area contributed by atoms with Gasteiger partial charge in [0.25, 0.3) is 5.91 Å². The fourth-order valence-electron chi connectivity index (χ4n) is 4.27. The summed E-state index contributed by atoms with van der Waals surface area (Å²) in [5.41, 5.74) is 1.28. The first-order valence-corrected chi connectivity index (χ1v) is 10.7. The lowest BCUT2D eigenvalue weighted by Crippen LogP contribution is -2.52. The zero-order valence-corrected chi connectivity index (χ0v) is 18.3. The molecule has 0 saturated carbocycles. The van der Waals surface area contributed by atoms with E-state index in [4.69, 9.17) is 9.47 Å². The molecule has 0 spiro atoms. The predicted molar refractivity (Wildman–Crippen MR) is 119 cm³/mol. The number of methoxy groups -OCH3 is 2. The minimum Gasteiger partial charge on any atom is -0.497 e. The molecule has 0 aromatic heterocycles. The SMILES string of the molecule is COc1ccc(N2C[C@H](C(=O)N3CCN(C(=O)c4ccccc4)CC3)CC2=O)c(OC)c1. The minimum atomic E-state index is -0.411. The number of amides is 3. The van der Waals surface area contributed by atoms with Crippen LogP contribution in [0.25, 0.3) is 0 Å². The molecule has 2 aliphatic rings. The Bertz CT molecular complexity index is 1000. The number of rotatable bonds is 5. The molecule has 1 atom stereocenters. The van der Waals surface area contributed by atoms with Crippen LogP contribution in [-0.4, -0.2) is 74.5 Å². The van der Waals surface area contributed by atoms with Crippen LogP contribution in [0.1, 0.15) is 16.8 Å². The number of carbonyl (C=O) groups is 3. The van der Waals surface area contributed by atoms with Gasteiger partial charge in [0.1, 0.15) is 11.5 Å². The molecule has 0 unspecified atom stereocenters. The maximum atomic E-state index is 13.1. The number of ether oxygens (including phenoxy) is 2. The van der Waals surface area contributed by atoms with E-state index < -0.39 is 5.92 Å². The molecule has 0 N–H and O–H groups in total. The van der Waals surface area contributed by atoms with Gasteiger partial charge in [-0.25, -0.2) is 0 Å². The molecule has 0 bridgehead atoms. The van der Waals surface area contributed by atoms with E-state index in [2.05, 4.69) is 0 Å². The predicted octanol–water partition coefficient (Wildman–Crippen LogP) is 2.04. The van der Waals surface area contributed by atoms with Gasteiger partial charge in [-0.2, -0.15) is 0 Å². The van der Waals surface area contributed by atoms with E-state index in [1.54, 1.807) is 52.1 Å². The molecule has 32 heavy (non-hydrogen) atoms. The van der Waals surface area contributed by atoms with E-state index in [9.17, 15) is 14.4 Å². The van der Waals surface area contributed by atoms with Gasteiger partial charge in [0.05, 0.1) is 25.8 Å². The molecular weight excluding hydrogens is 410 g/mol. The van der Waals surface area contributed by atoms with Crippen molar-refractivity contribution in [2.75, 3.05) is 51.8 Å². The molecule has 4 rings (SSSR count). The second-order valence-electron chi connectivity index (χ2n) is 7.93. The fourth-order valence-corrected chi connectivity index (χ4v) is 4.27. The van der Waals surface area contributed by atoms with Crippen LogP contribution in [0, 0.1) is 5.92 Å². The van der Waals surface area contributed by atoms with Gasteiger partial charge in [0.15, 0.2) is 0 Å².